The van der Waals surface area contributed by atoms with Gasteiger partial charge in [-0.2, -0.15) is 0 Å². The average molecular weight is 581 g/mol. The highest BCUT2D eigenvalue weighted by Gasteiger charge is 2.51. The van der Waals surface area contributed by atoms with E-state index in [4.69, 9.17) is 40.5 Å². The number of aliphatic imine (C=N–C) groups is 1. The second kappa shape index (κ2) is 9.38. The van der Waals surface area contributed by atoms with Gasteiger partial charge in [-0.05, 0) is 0 Å². The maximum Gasteiger partial charge on any atom is 0.472 e. The zero-order chi connectivity index (χ0) is 27.8. The number of fused-ring (bicyclic) bond motifs is 5. The zero-order valence-electron chi connectivity index (χ0n) is 20.6. The van der Waals surface area contributed by atoms with Crippen LogP contribution in [0.3, 0.4) is 0 Å². The van der Waals surface area contributed by atoms with E-state index in [1.54, 1.807) is 4.57 Å². The molecule has 8 unspecified atom stereocenters. The Hall–Kier alpha value is -3.29. The van der Waals surface area contributed by atoms with Crippen molar-refractivity contribution in [2.75, 3.05) is 24.3 Å². The summed E-state index contributed by atoms with van der Waals surface area (Å²) in [6, 6.07) is 0. The number of nitrogens with two attached hydrogens (primary N) is 3. The van der Waals surface area contributed by atoms with Gasteiger partial charge in [-0.3, -0.25) is 18.2 Å². The number of phosphoric ester groups is 1. The molecule has 20 heteroatoms. The number of imidazole rings is 2. The Morgan fingerprint density at radius 3 is 2.75 bits per heavy atom. The first-order valence-electron chi connectivity index (χ1n) is 12.3. The molecule has 7 rings (SSSR count). The van der Waals surface area contributed by atoms with E-state index < -0.39 is 63.6 Å². The van der Waals surface area contributed by atoms with Crippen molar-refractivity contribution in [3.8, 4) is 0 Å². The highest BCUT2D eigenvalue weighted by Crippen LogP contribution is 2.51. The summed E-state index contributed by atoms with van der Waals surface area (Å²) in [5, 5.41) is 2.88. The van der Waals surface area contributed by atoms with Gasteiger partial charge in [-0.25, -0.2) is 33.9 Å². The van der Waals surface area contributed by atoms with Crippen LogP contribution in [0.15, 0.2) is 24.0 Å². The van der Waals surface area contributed by atoms with Gasteiger partial charge in [0.15, 0.2) is 36.1 Å². The van der Waals surface area contributed by atoms with Crippen LogP contribution in [0.4, 0.5) is 16.0 Å². The van der Waals surface area contributed by atoms with Crippen molar-refractivity contribution < 1.29 is 37.1 Å². The summed E-state index contributed by atoms with van der Waals surface area (Å²) >= 11 is 0. The third-order valence-corrected chi connectivity index (χ3v) is 8.13. The Balaban J connectivity index is 1.15. The molecule has 4 aliphatic rings. The topological polar surface area (TPSA) is 247 Å². The maximum absolute atomic E-state index is 15.9. The van der Waals surface area contributed by atoms with Crippen LogP contribution < -0.4 is 22.5 Å². The number of nitrogens with one attached hydrogen (secondary N) is 1. The zero-order valence-corrected chi connectivity index (χ0v) is 21.5. The second-order valence-electron chi connectivity index (χ2n) is 9.65. The standard InChI is InChI=1S/C20H25FN11O7P/c21-10-13-9(38-19(10)31-5-27-11-14(22)25-4-26-16(11)31)3-36-40(33,34)39-8-1-7(2-35-13)37-18(8)32-6-28-12-15(23)29-20(24)30-17(12)32/h4-10,13,15,18-19H,1-3,23H2,(H,33,34)(H2,22,25,26)(H3,24,29,30)/t7?,8-,9?,10?,13?,15?,18?,19?/m0/s1. The Morgan fingerprint density at radius 1 is 1.07 bits per heavy atom. The third kappa shape index (κ3) is 4.22. The lowest BCUT2D eigenvalue weighted by molar-refractivity contribution is -0.104. The monoisotopic (exact) mass is 581 g/mol. The average Bonchev–Trinajstić information content (AvgIpc) is 3.66. The van der Waals surface area contributed by atoms with Crippen molar-refractivity contribution in [2.45, 2.75) is 55.6 Å². The minimum Gasteiger partial charge on any atom is -0.382 e. The fourth-order valence-electron chi connectivity index (χ4n) is 5.34. The van der Waals surface area contributed by atoms with Crippen LogP contribution in [0.5, 0.6) is 0 Å². The molecule has 3 aromatic rings. The summed E-state index contributed by atoms with van der Waals surface area (Å²) in [7, 11) is -4.68. The number of guanidine groups is 1. The van der Waals surface area contributed by atoms with Gasteiger partial charge in [0.1, 0.15) is 47.8 Å². The van der Waals surface area contributed by atoms with E-state index in [9.17, 15) is 9.46 Å². The molecule has 0 radical (unpaired) electrons. The van der Waals surface area contributed by atoms with E-state index in [2.05, 4.69) is 30.2 Å². The smallest absolute Gasteiger partial charge is 0.382 e. The van der Waals surface area contributed by atoms with Crippen molar-refractivity contribution in [1.29, 1.82) is 0 Å². The predicted molar refractivity (Wildman–Crippen MR) is 132 cm³/mol. The normalized spacial score (nSPS) is 37.8. The van der Waals surface area contributed by atoms with Gasteiger partial charge in [0.2, 0.25) is 0 Å². The van der Waals surface area contributed by atoms with Crippen LogP contribution in [0.2, 0.25) is 0 Å². The number of aromatic nitrogens is 6. The number of rotatable bonds is 2. The van der Waals surface area contributed by atoms with Crippen LogP contribution in [0.25, 0.3) is 11.2 Å². The molecule has 3 fully saturated rings. The molecule has 0 aromatic carbocycles. The van der Waals surface area contributed by atoms with Crippen molar-refractivity contribution in [3.63, 3.8) is 0 Å². The number of hydrogen-bond donors (Lipinski definition) is 5. The molecule has 18 nitrogen and oxygen atoms in total. The summed E-state index contributed by atoms with van der Waals surface area (Å²) in [5.74, 6) is 0.589. The number of nitrogen functional groups attached to an aromatic ring is 1. The Bertz CT molecular complexity index is 1540. The van der Waals surface area contributed by atoms with Gasteiger partial charge >= 0.3 is 7.82 Å². The lowest BCUT2D eigenvalue weighted by Crippen LogP contribution is -2.36. The molecule has 3 aromatic heterocycles. The highest BCUT2D eigenvalue weighted by atomic mass is 31.2. The Labute approximate surface area is 224 Å². The lowest BCUT2D eigenvalue weighted by Gasteiger charge is -2.27. The van der Waals surface area contributed by atoms with E-state index in [-0.39, 0.29) is 36.0 Å². The van der Waals surface area contributed by atoms with Crippen molar-refractivity contribution in [3.05, 3.63) is 24.7 Å². The molecule has 9 atom stereocenters. The summed E-state index contributed by atoms with van der Waals surface area (Å²) in [5.41, 5.74) is 18.6. The number of phosphoric acid groups is 1. The lowest BCUT2D eigenvalue weighted by atomic mass is 10.1. The van der Waals surface area contributed by atoms with Crippen molar-refractivity contribution in [1.82, 2.24) is 29.1 Å². The first kappa shape index (κ1) is 25.7. The molecule has 3 saturated heterocycles. The van der Waals surface area contributed by atoms with Crippen LogP contribution in [-0.2, 0) is 27.8 Å². The summed E-state index contributed by atoms with van der Waals surface area (Å²) in [6.07, 6.45) is -4.46. The van der Waals surface area contributed by atoms with Gasteiger partial charge in [-0.1, -0.05) is 0 Å². The number of anilines is 2. The molecule has 0 saturated carbocycles. The van der Waals surface area contributed by atoms with Gasteiger partial charge in [0.05, 0.1) is 32.0 Å². The fourth-order valence-corrected chi connectivity index (χ4v) is 6.26. The molecule has 4 aliphatic heterocycles. The molecule has 214 valence electrons. The van der Waals surface area contributed by atoms with Gasteiger partial charge in [0.25, 0.3) is 0 Å². The van der Waals surface area contributed by atoms with Crippen LogP contribution in [-0.4, -0.2) is 83.7 Å². The second-order valence-corrected chi connectivity index (χ2v) is 11.1. The molecule has 7 heterocycles. The van der Waals surface area contributed by atoms with E-state index >= 15 is 4.39 Å². The molecule has 40 heavy (non-hydrogen) atoms. The maximum atomic E-state index is 15.9. The molecule has 2 bridgehead atoms. The highest BCUT2D eigenvalue weighted by molar-refractivity contribution is 7.47. The van der Waals surface area contributed by atoms with Gasteiger partial charge in [0, 0.05) is 6.42 Å². The fraction of sp³-hybridized carbons (Fsp3) is 0.550. The SMILES string of the molecule is NC1=NC(N)c2ncn(C3OC4COC5C(COP(=O)(O)O[C@H]3C4)OC(n3cnc4c(N)ncnc43)C5F)c2N1. The third-order valence-electron chi connectivity index (χ3n) is 7.12. The number of ether oxygens (including phenoxy) is 3. The molecular formula is C20H25FN11O7P. The number of hydrogen-bond acceptors (Lipinski definition) is 15. The van der Waals surface area contributed by atoms with E-state index in [0.29, 0.717) is 11.5 Å². The molecule has 0 amide bonds. The number of alkyl halides is 1. The van der Waals surface area contributed by atoms with E-state index in [1.165, 1.54) is 23.5 Å². The van der Waals surface area contributed by atoms with Gasteiger partial charge in [-0.15, -0.1) is 0 Å². The molecule has 0 aliphatic carbocycles. The van der Waals surface area contributed by atoms with Crippen LogP contribution in [0, 0.1) is 0 Å². The van der Waals surface area contributed by atoms with Crippen LogP contribution in [0.1, 0.15) is 30.7 Å². The van der Waals surface area contributed by atoms with E-state index in [0.717, 1.165) is 0 Å². The van der Waals surface area contributed by atoms with Crippen molar-refractivity contribution >= 4 is 36.6 Å². The largest absolute Gasteiger partial charge is 0.472 e. The quantitative estimate of drug-likeness (QED) is 0.238. The summed E-state index contributed by atoms with van der Waals surface area (Å²) in [6.45, 7) is -0.567. The van der Waals surface area contributed by atoms with E-state index in [1.807, 2.05) is 0 Å². The summed E-state index contributed by atoms with van der Waals surface area (Å²) < 4.78 is 60.5. The van der Waals surface area contributed by atoms with Gasteiger partial charge < -0.3 is 41.6 Å². The first-order valence-corrected chi connectivity index (χ1v) is 13.8. The first-order chi connectivity index (χ1) is 19.2. The van der Waals surface area contributed by atoms with Crippen molar-refractivity contribution in [2.24, 2.45) is 16.5 Å². The number of nitrogens with zero attached hydrogens (tertiary/aromatic N) is 7. The predicted octanol–water partition coefficient (Wildman–Crippen LogP) is -0.573. The molecular weight excluding hydrogens is 556 g/mol. The van der Waals surface area contributed by atoms with Crippen LogP contribution >= 0.6 is 7.82 Å². The minimum absolute atomic E-state index is 0.0679. The Morgan fingerprint density at radius 2 is 1.90 bits per heavy atom. The molecule has 8 N–H and O–H groups in total. The minimum atomic E-state index is -4.68. The molecule has 0 spiro atoms. The number of halogens is 1. The summed E-state index contributed by atoms with van der Waals surface area (Å²) in [4.78, 5) is 31.0. The Kier molecular flexibility index (Phi) is 6.02.